The van der Waals surface area contributed by atoms with E-state index >= 15 is 0 Å². The summed E-state index contributed by atoms with van der Waals surface area (Å²) < 4.78 is 0. The maximum absolute atomic E-state index is 11.4. The zero-order chi connectivity index (χ0) is 10.4. The molecule has 0 saturated carbocycles. The van der Waals surface area contributed by atoms with Crippen LogP contribution in [0.25, 0.3) is 0 Å². The summed E-state index contributed by atoms with van der Waals surface area (Å²) in [7, 11) is 1.77. The van der Waals surface area contributed by atoms with Crippen LogP contribution in [0.2, 0.25) is 0 Å². The molecule has 0 aliphatic carbocycles. The molecule has 0 aliphatic heterocycles. The fraction of sp³-hybridized carbons (Fsp3) is 0.364. The van der Waals surface area contributed by atoms with Gasteiger partial charge in [-0.2, -0.15) is 0 Å². The molecule has 0 radical (unpaired) electrons. The fourth-order valence-corrected chi connectivity index (χ4v) is 1.07. The van der Waals surface area contributed by atoms with Crippen LogP contribution in [0.1, 0.15) is 12.5 Å². The van der Waals surface area contributed by atoms with Crippen LogP contribution in [0, 0.1) is 0 Å². The Morgan fingerprint density at radius 2 is 1.93 bits per heavy atom. The number of carbonyl (C=O) groups is 1. The lowest BCUT2D eigenvalue weighted by Gasteiger charge is -2.10. The topological polar surface area (TPSA) is 41.1 Å². The smallest absolute Gasteiger partial charge is 0.237 e. The molecule has 1 aromatic carbocycles. The minimum Gasteiger partial charge on any atom is -0.351 e. The van der Waals surface area contributed by atoms with Gasteiger partial charge < -0.3 is 10.6 Å². The second kappa shape index (κ2) is 7.26. The zero-order valence-corrected chi connectivity index (χ0v) is 9.80. The second-order valence-corrected chi connectivity index (χ2v) is 3.21. The van der Waals surface area contributed by atoms with Gasteiger partial charge in [0.25, 0.3) is 0 Å². The van der Waals surface area contributed by atoms with Gasteiger partial charge >= 0.3 is 0 Å². The summed E-state index contributed by atoms with van der Waals surface area (Å²) in [6.07, 6.45) is 0. The number of rotatable bonds is 4. The Morgan fingerprint density at radius 3 is 2.47 bits per heavy atom. The predicted molar refractivity (Wildman–Crippen MR) is 64.1 cm³/mol. The van der Waals surface area contributed by atoms with Crippen LogP contribution in [0.5, 0.6) is 0 Å². The third-order valence-electron chi connectivity index (χ3n) is 2.14. The molecule has 15 heavy (non-hydrogen) atoms. The standard InChI is InChI=1S/C11H16N2O.ClH/c1-9(12-2)11(14)13-8-10-6-4-3-5-7-10;/h3-7,9,12H,8H2,1-2H3,(H,13,14);1H/t9-;/m1./s1. The van der Waals surface area contributed by atoms with Gasteiger partial charge in [-0.1, -0.05) is 30.3 Å². The average Bonchev–Trinajstić information content (AvgIpc) is 2.26. The molecular formula is C11H17ClN2O. The van der Waals surface area contributed by atoms with Gasteiger partial charge in [-0.05, 0) is 19.5 Å². The lowest BCUT2D eigenvalue weighted by molar-refractivity contribution is -0.122. The molecule has 1 atom stereocenters. The molecule has 0 aromatic heterocycles. The summed E-state index contributed by atoms with van der Waals surface area (Å²) in [6, 6.07) is 9.72. The Labute approximate surface area is 96.7 Å². The van der Waals surface area contributed by atoms with Crippen LogP contribution in [-0.2, 0) is 11.3 Å². The van der Waals surface area contributed by atoms with E-state index in [1.54, 1.807) is 7.05 Å². The Balaban J connectivity index is 0.00000196. The van der Waals surface area contributed by atoms with E-state index < -0.39 is 0 Å². The van der Waals surface area contributed by atoms with Crippen molar-refractivity contribution in [3.63, 3.8) is 0 Å². The quantitative estimate of drug-likeness (QED) is 0.817. The molecule has 1 rings (SSSR count). The van der Waals surface area contributed by atoms with Crippen molar-refractivity contribution in [1.29, 1.82) is 0 Å². The number of nitrogens with one attached hydrogen (secondary N) is 2. The monoisotopic (exact) mass is 228 g/mol. The lowest BCUT2D eigenvalue weighted by atomic mass is 10.2. The first-order chi connectivity index (χ1) is 6.74. The average molecular weight is 229 g/mol. The summed E-state index contributed by atoms with van der Waals surface area (Å²) in [5.74, 6) is 0.0244. The molecule has 0 saturated heterocycles. The third-order valence-corrected chi connectivity index (χ3v) is 2.14. The summed E-state index contributed by atoms with van der Waals surface area (Å²) in [5, 5.41) is 5.74. The van der Waals surface area contributed by atoms with E-state index in [0.717, 1.165) is 5.56 Å². The van der Waals surface area contributed by atoms with E-state index in [9.17, 15) is 4.79 Å². The molecular weight excluding hydrogens is 212 g/mol. The minimum atomic E-state index is -0.140. The summed E-state index contributed by atoms with van der Waals surface area (Å²) in [6.45, 7) is 2.42. The number of halogens is 1. The van der Waals surface area contributed by atoms with E-state index in [2.05, 4.69) is 10.6 Å². The number of likely N-dealkylation sites (N-methyl/N-ethyl adjacent to an activating group) is 1. The van der Waals surface area contributed by atoms with E-state index in [1.807, 2.05) is 37.3 Å². The molecule has 1 amide bonds. The molecule has 1 aromatic rings. The largest absolute Gasteiger partial charge is 0.351 e. The van der Waals surface area contributed by atoms with Crippen LogP contribution in [0.15, 0.2) is 30.3 Å². The van der Waals surface area contributed by atoms with Gasteiger partial charge in [-0.3, -0.25) is 4.79 Å². The van der Waals surface area contributed by atoms with Crippen molar-refractivity contribution < 1.29 is 4.79 Å². The highest BCUT2D eigenvalue weighted by molar-refractivity contribution is 5.85. The Morgan fingerprint density at radius 1 is 1.33 bits per heavy atom. The van der Waals surface area contributed by atoms with Gasteiger partial charge in [0.05, 0.1) is 6.04 Å². The number of carbonyl (C=O) groups excluding carboxylic acids is 1. The van der Waals surface area contributed by atoms with Crippen molar-refractivity contribution in [2.45, 2.75) is 19.5 Å². The highest BCUT2D eigenvalue weighted by Crippen LogP contribution is 1.97. The molecule has 3 nitrogen and oxygen atoms in total. The van der Waals surface area contributed by atoms with Gasteiger partial charge in [0.2, 0.25) is 5.91 Å². The van der Waals surface area contributed by atoms with Crippen LogP contribution in [0.4, 0.5) is 0 Å². The van der Waals surface area contributed by atoms with Gasteiger partial charge in [-0.15, -0.1) is 12.4 Å². The predicted octanol–water partition coefficient (Wildman–Crippen LogP) is 1.33. The van der Waals surface area contributed by atoms with Crippen LogP contribution in [0.3, 0.4) is 0 Å². The molecule has 2 N–H and O–H groups in total. The Hall–Kier alpha value is -1.06. The molecule has 84 valence electrons. The lowest BCUT2D eigenvalue weighted by Crippen LogP contribution is -2.39. The van der Waals surface area contributed by atoms with Crippen LogP contribution >= 0.6 is 12.4 Å². The van der Waals surface area contributed by atoms with E-state index in [0.29, 0.717) is 6.54 Å². The van der Waals surface area contributed by atoms with Crippen molar-refractivity contribution in [2.75, 3.05) is 7.05 Å². The maximum Gasteiger partial charge on any atom is 0.237 e. The molecule has 0 aliphatic rings. The van der Waals surface area contributed by atoms with Crippen molar-refractivity contribution >= 4 is 18.3 Å². The summed E-state index contributed by atoms with van der Waals surface area (Å²) in [4.78, 5) is 11.4. The van der Waals surface area contributed by atoms with Crippen molar-refractivity contribution in [2.24, 2.45) is 0 Å². The highest BCUT2D eigenvalue weighted by Gasteiger charge is 2.08. The zero-order valence-electron chi connectivity index (χ0n) is 8.99. The van der Waals surface area contributed by atoms with Crippen LogP contribution < -0.4 is 10.6 Å². The second-order valence-electron chi connectivity index (χ2n) is 3.21. The Kier molecular flexibility index (Phi) is 6.75. The van der Waals surface area contributed by atoms with Crippen LogP contribution in [-0.4, -0.2) is 19.0 Å². The number of hydrogen-bond donors (Lipinski definition) is 2. The first kappa shape index (κ1) is 13.9. The van der Waals surface area contributed by atoms with Crippen molar-refractivity contribution in [3.8, 4) is 0 Å². The SMILES string of the molecule is CN[C@H](C)C(=O)NCc1ccccc1.Cl. The van der Waals surface area contributed by atoms with E-state index in [-0.39, 0.29) is 24.4 Å². The molecule has 0 bridgehead atoms. The third kappa shape index (κ3) is 4.81. The molecule has 0 fully saturated rings. The summed E-state index contributed by atoms with van der Waals surface area (Å²) >= 11 is 0. The van der Waals surface area contributed by atoms with E-state index in [1.165, 1.54) is 0 Å². The molecule has 4 heteroatoms. The molecule has 0 unspecified atom stereocenters. The first-order valence-electron chi connectivity index (χ1n) is 4.73. The van der Waals surface area contributed by atoms with E-state index in [4.69, 9.17) is 0 Å². The number of hydrogen-bond acceptors (Lipinski definition) is 2. The number of benzene rings is 1. The van der Waals surface area contributed by atoms with Gasteiger partial charge in [0, 0.05) is 6.54 Å². The van der Waals surface area contributed by atoms with Crippen molar-refractivity contribution in [3.05, 3.63) is 35.9 Å². The highest BCUT2D eigenvalue weighted by atomic mass is 35.5. The first-order valence-corrected chi connectivity index (χ1v) is 4.73. The summed E-state index contributed by atoms with van der Waals surface area (Å²) in [5.41, 5.74) is 1.11. The molecule has 0 spiro atoms. The van der Waals surface area contributed by atoms with Gasteiger partial charge in [0.15, 0.2) is 0 Å². The van der Waals surface area contributed by atoms with Crippen molar-refractivity contribution in [1.82, 2.24) is 10.6 Å². The normalized spacial score (nSPS) is 11.3. The fourth-order valence-electron chi connectivity index (χ4n) is 1.07. The maximum atomic E-state index is 11.4. The van der Waals surface area contributed by atoms with Gasteiger partial charge in [0.1, 0.15) is 0 Å². The molecule has 0 heterocycles. The minimum absolute atomic E-state index is 0. The Bertz CT molecular complexity index is 290. The number of amides is 1. The van der Waals surface area contributed by atoms with Gasteiger partial charge in [-0.25, -0.2) is 0 Å².